The van der Waals surface area contributed by atoms with Crippen molar-refractivity contribution in [3.8, 4) is 0 Å². The van der Waals surface area contributed by atoms with Crippen molar-refractivity contribution >= 4 is 5.97 Å². The highest BCUT2D eigenvalue weighted by Gasteiger charge is 2.17. The zero-order chi connectivity index (χ0) is 11.8. The molecule has 0 aliphatic carbocycles. The number of carbonyl (C=O) groups is 1. The Hall–Kier alpha value is -1.39. The molecule has 0 fully saturated rings. The Labute approximate surface area is 95.5 Å². The Bertz CT molecular complexity index is 313. The van der Waals surface area contributed by atoms with Gasteiger partial charge in [-0.2, -0.15) is 5.48 Å². The topological polar surface area (TPSA) is 47.6 Å². The van der Waals surface area contributed by atoms with E-state index < -0.39 is 6.04 Å². The van der Waals surface area contributed by atoms with Crippen molar-refractivity contribution < 1.29 is 14.4 Å². The molecule has 4 nitrogen and oxygen atoms in total. The summed E-state index contributed by atoms with van der Waals surface area (Å²) in [6.07, 6.45) is 0.626. The molecule has 0 aliphatic rings. The smallest absolute Gasteiger partial charge is 0.325 e. The van der Waals surface area contributed by atoms with Gasteiger partial charge in [-0.1, -0.05) is 37.3 Å². The number of hydrogen-bond acceptors (Lipinski definition) is 4. The van der Waals surface area contributed by atoms with E-state index in [2.05, 4.69) is 5.48 Å². The second-order valence-electron chi connectivity index (χ2n) is 3.38. The monoisotopic (exact) mass is 223 g/mol. The van der Waals surface area contributed by atoms with Crippen molar-refractivity contribution in [3.63, 3.8) is 0 Å². The maximum atomic E-state index is 11.6. The van der Waals surface area contributed by atoms with Crippen molar-refractivity contribution in [2.75, 3.05) is 7.11 Å². The summed E-state index contributed by atoms with van der Waals surface area (Å²) in [5.41, 5.74) is 3.57. The number of carbonyl (C=O) groups excluding carboxylic acids is 1. The molecule has 1 aromatic carbocycles. The first-order valence-electron chi connectivity index (χ1n) is 5.27. The molecule has 0 bridgehead atoms. The van der Waals surface area contributed by atoms with Gasteiger partial charge < -0.3 is 9.57 Å². The van der Waals surface area contributed by atoms with Crippen molar-refractivity contribution in [1.82, 2.24) is 5.48 Å². The van der Waals surface area contributed by atoms with E-state index in [1.54, 1.807) is 0 Å². The largest absolute Gasteiger partial charge is 0.460 e. The fraction of sp³-hybridized carbons (Fsp3) is 0.417. The van der Waals surface area contributed by atoms with Crippen LogP contribution < -0.4 is 5.48 Å². The minimum atomic E-state index is -0.409. The Morgan fingerprint density at radius 2 is 2.06 bits per heavy atom. The standard InChI is InChI=1S/C12H17NO3/c1-3-11(13-15-2)12(14)16-9-10-7-5-4-6-8-10/h4-8,11,13H,3,9H2,1-2H3. The third kappa shape index (κ3) is 4.00. The normalized spacial score (nSPS) is 12.1. The lowest BCUT2D eigenvalue weighted by molar-refractivity contribution is -0.151. The lowest BCUT2D eigenvalue weighted by Crippen LogP contribution is -2.36. The number of ether oxygens (including phenoxy) is 1. The molecule has 0 amide bonds. The summed E-state index contributed by atoms with van der Waals surface area (Å²) in [6, 6.07) is 9.17. The van der Waals surface area contributed by atoms with Crippen LogP contribution in [0.5, 0.6) is 0 Å². The Morgan fingerprint density at radius 3 is 2.62 bits per heavy atom. The van der Waals surface area contributed by atoms with Crippen LogP contribution in [0, 0.1) is 0 Å². The minimum absolute atomic E-state index is 0.293. The van der Waals surface area contributed by atoms with E-state index in [4.69, 9.17) is 9.57 Å². The van der Waals surface area contributed by atoms with Crippen molar-refractivity contribution in [3.05, 3.63) is 35.9 Å². The highest BCUT2D eigenvalue weighted by Crippen LogP contribution is 2.03. The van der Waals surface area contributed by atoms with Gasteiger partial charge in [0.2, 0.25) is 0 Å². The summed E-state index contributed by atoms with van der Waals surface area (Å²) in [5.74, 6) is -0.298. The van der Waals surface area contributed by atoms with Crippen molar-refractivity contribution in [2.45, 2.75) is 26.0 Å². The fourth-order valence-electron chi connectivity index (χ4n) is 1.27. The number of hydroxylamine groups is 1. The second kappa shape index (κ2) is 6.98. The molecule has 0 heterocycles. The maximum absolute atomic E-state index is 11.6. The maximum Gasteiger partial charge on any atom is 0.325 e. The van der Waals surface area contributed by atoms with Gasteiger partial charge in [-0.25, -0.2) is 0 Å². The van der Waals surface area contributed by atoms with Crippen LogP contribution in [0.15, 0.2) is 30.3 Å². The molecule has 0 aliphatic heterocycles. The number of rotatable bonds is 6. The van der Waals surface area contributed by atoms with E-state index in [1.807, 2.05) is 37.3 Å². The van der Waals surface area contributed by atoms with E-state index >= 15 is 0 Å². The van der Waals surface area contributed by atoms with Crippen LogP contribution in [0.1, 0.15) is 18.9 Å². The van der Waals surface area contributed by atoms with Gasteiger partial charge >= 0.3 is 5.97 Å². The third-order valence-electron chi connectivity index (χ3n) is 2.18. The predicted octanol–water partition coefficient (Wildman–Crippen LogP) is 1.66. The second-order valence-corrected chi connectivity index (χ2v) is 3.38. The van der Waals surface area contributed by atoms with Gasteiger partial charge in [0.25, 0.3) is 0 Å². The third-order valence-corrected chi connectivity index (χ3v) is 2.18. The molecule has 0 radical (unpaired) electrons. The van der Waals surface area contributed by atoms with Crippen LogP contribution in [0.3, 0.4) is 0 Å². The van der Waals surface area contributed by atoms with Gasteiger partial charge in [0.1, 0.15) is 12.6 Å². The molecule has 0 aromatic heterocycles. The number of nitrogens with one attached hydrogen (secondary N) is 1. The first-order valence-corrected chi connectivity index (χ1v) is 5.27. The molecule has 1 rings (SSSR count). The Balaban J connectivity index is 2.40. The zero-order valence-corrected chi connectivity index (χ0v) is 9.60. The summed E-state index contributed by atoms with van der Waals surface area (Å²) in [7, 11) is 1.48. The van der Waals surface area contributed by atoms with Gasteiger partial charge in [-0.05, 0) is 12.0 Å². The van der Waals surface area contributed by atoms with Gasteiger partial charge in [-0.15, -0.1) is 0 Å². The fourth-order valence-corrected chi connectivity index (χ4v) is 1.27. The Kier molecular flexibility index (Phi) is 5.53. The summed E-state index contributed by atoms with van der Waals surface area (Å²) in [4.78, 5) is 16.3. The van der Waals surface area contributed by atoms with Gasteiger partial charge in [0, 0.05) is 0 Å². The van der Waals surface area contributed by atoms with E-state index in [9.17, 15) is 4.79 Å². The molecule has 88 valence electrons. The number of hydrogen-bond donors (Lipinski definition) is 1. The van der Waals surface area contributed by atoms with Gasteiger partial charge in [-0.3, -0.25) is 4.79 Å². The summed E-state index contributed by atoms with van der Waals surface area (Å²) in [5, 5.41) is 0. The predicted molar refractivity (Wildman–Crippen MR) is 60.5 cm³/mol. The van der Waals surface area contributed by atoms with Crippen molar-refractivity contribution in [1.29, 1.82) is 0 Å². The highest BCUT2D eigenvalue weighted by molar-refractivity contribution is 5.75. The van der Waals surface area contributed by atoms with Crippen LogP contribution in [0.25, 0.3) is 0 Å². The molecule has 4 heteroatoms. The van der Waals surface area contributed by atoms with Gasteiger partial charge in [0.05, 0.1) is 7.11 Å². The summed E-state index contributed by atoms with van der Waals surface area (Å²) < 4.78 is 5.15. The summed E-state index contributed by atoms with van der Waals surface area (Å²) in [6.45, 7) is 2.18. The molecular weight excluding hydrogens is 206 g/mol. The SMILES string of the molecule is CCC(NOC)C(=O)OCc1ccccc1. The van der Waals surface area contributed by atoms with Crippen LogP contribution in [0.4, 0.5) is 0 Å². The molecule has 1 unspecified atom stereocenters. The van der Waals surface area contributed by atoms with E-state index in [0.29, 0.717) is 13.0 Å². The quantitative estimate of drug-likeness (QED) is 0.588. The van der Waals surface area contributed by atoms with E-state index in [0.717, 1.165) is 5.56 Å². The number of esters is 1. The average Bonchev–Trinajstić information content (AvgIpc) is 2.34. The molecule has 1 N–H and O–H groups in total. The van der Waals surface area contributed by atoms with Gasteiger partial charge in [0.15, 0.2) is 0 Å². The van der Waals surface area contributed by atoms with Crippen LogP contribution in [-0.2, 0) is 21.0 Å². The van der Waals surface area contributed by atoms with Crippen LogP contribution in [0.2, 0.25) is 0 Å². The van der Waals surface area contributed by atoms with E-state index in [-0.39, 0.29) is 5.97 Å². The molecule has 0 spiro atoms. The molecule has 1 atom stereocenters. The lowest BCUT2D eigenvalue weighted by atomic mass is 10.2. The Morgan fingerprint density at radius 1 is 1.38 bits per heavy atom. The lowest BCUT2D eigenvalue weighted by Gasteiger charge is -2.14. The minimum Gasteiger partial charge on any atom is -0.460 e. The molecule has 1 aromatic rings. The highest BCUT2D eigenvalue weighted by atomic mass is 16.6. The van der Waals surface area contributed by atoms with Crippen LogP contribution in [-0.4, -0.2) is 19.1 Å². The molecule has 0 saturated carbocycles. The summed E-state index contributed by atoms with van der Waals surface area (Å²) >= 11 is 0. The zero-order valence-electron chi connectivity index (χ0n) is 9.60. The van der Waals surface area contributed by atoms with Crippen molar-refractivity contribution in [2.24, 2.45) is 0 Å². The first kappa shape index (κ1) is 12.7. The molecular formula is C12H17NO3. The number of benzene rings is 1. The molecule has 0 saturated heterocycles. The van der Waals surface area contributed by atoms with Crippen LogP contribution >= 0.6 is 0 Å². The first-order chi connectivity index (χ1) is 7.77. The average molecular weight is 223 g/mol. The van der Waals surface area contributed by atoms with E-state index in [1.165, 1.54) is 7.11 Å². The molecule has 16 heavy (non-hydrogen) atoms.